The Labute approximate surface area is 254 Å². The molecule has 0 aliphatic rings. The summed E-state index contributed by atoms with van der Waals surface area (Å²) in [5.74, 6) is 0. The van der Waals surface area contributed by atoms with Gasteiger partial charge in [0.25, 0.3) is 0 Å². The van der Waals surface area contributed by atoms with Crippen molar-refractivity contribution in [1.29, 1.82) is 5.26 Å². The van der Waals surface area contributed by atoms with Crippen molar-refractivity contribution >= 4 is 38.4 Å². The highest BCUT2D eigenvalue weighted by Crippen LogP contribution is 2.40. The van der Waals surface area contributed by atoms with Crippen LogP contribution in [0.1, 0.15) is 5.56 Å². The molecule has 2 heterocycles. The quantitative estimate of drug-likeness (QED) is 0.197. The number of aromatic nitrogens is 2. The molecule has 0 unspecified atom stereocenters. The summed E-state index contributed by atoms with van der Waals surface area (Å²) in [6.07, 6.45) is 2.15. The maximum Gasteiger partial charge on any atom is 0.187 e. The first-order chi connectivity index (χ1) is 21.7. The molecule has 6 aromatic carbocycles. The lowest BCUT2D eigenvalue weighted by Crippen LogP contribution is -1.97. The van der Waals surface area contributed by atoms with E-state index in [-0.39, 0.29) is 0 Å². The number of nitriles is 1. The molecule has 0 bridgehead atoms. The normalized spacial score (nSPS) is 11.1. The first-order valence-corrected chi connectivity index (χ1v) is 14.4. The van der Waals surface area contributed by atoms with E-state index < -0.39 is 0 Å². The van der Waals surface area contributed by atoms with E-state index in [1.54, 1.807) is 0 Å². The van der Waals surface area contributed by atoms with Crippen LogP contribution in [0, 0.1) is 17.9 Å². The van der Waals surface area contributed by atoms with Crippen molar-refractivity contribution in [3.8, 4) is 39.7 Å². The van der Waals surface area contributed by atoms with Gasteiger partial charge in [-0.3, -0.25) is 0 Å². The summed E-state index contributed by atoms with van der Waals surface area (Å²) < 4.78 is 4.63. The molecule has 0 aliphatic carbocycles. The standard InChI is InChI=1S/C40H24N4/c1-42-32-17-15-29(16-18-32)31-23-30(28-13-11-27(26-41)12-14-28)24-34(25-31)44-39-10-6-5-9-35(39)36-19-20-38-37(40(36)44)21-22-43(38)33-7-3-2-4-8-33/h2-25H. The van der Waals surface area contributed by atoms with Gasteiger partial charge in [-0.2, -0.15) is 5.26 Å². The minimum atomic E-state index is 0.616. The zero-order chi connectivity index (χ0) is 29.6. The molecule has 0 radical (unpaired) electrons. The molecule has 0 saturated carbocycles. The molecule has 0 amide bonds. The van der Waals surface area contributed by atoms with Crippen LogP contribution in [0.4, 0.5) is 5.69 Å². The van der Waals surface area contributed by atoms with Crippen LogP contribution in [0.3, 0.4) is 0 Å². The van der Waals surface area contributed by atoms with Gasteiger partial charge < -0.3 is 9.13 Å². The Morgan fingerprint density at radius 2 is 1.23 bits per heavy atom. The van der Waals surface area contributed by atoms with E-state index in [1.807, 2.05) is 54.6 Å². The SMILES string of the molecule is [C-]#[N+]c1ccc(-c2cc(-c3ccc(C#N)cc3)cc(-n3c4ccccc4c4ccc5c(ccn5-c5ccccc5)c43)c2)cc1. The lowest BCUT2D eigenvalue weighted by Gasteiger charge is -2.15. The van der Waals surface area contributed by atoms with Gasteiger partial charge in [0.2, 0.25) is 0 Å². The number of hydrogen-bond acceptors (Lipinski definition) is 1. The van der Waals surface area contributed by atoms with Crippen LogP contribution in [0.15, 0.2) is 146 Å². The Morgan fingerprint density at radius 1 is 0.545 bits per heavy atom. The number of benzene rings is 6. The summed E-state index contributed by atoms with van der Waals surface area (Å²) in [7, 11) is 0. The fourth-order valence-corrected chi connectivity index (χ4v) is 6.30. The van der Waals surface area contributed by atoms with Gasteiger partial charge in [0.1, 0.15) is 0 Å². The number of hydrogen-bond donors (Lipinski definition) is 0. The fourth-order valence-electron chi connectivity index (χ4n) is 6.30. The molecule has 0 fully saturated rings. The van der Waals surface area contributed by atoms with E-state index in [4.69, 9.17) is 6.57 Å². The van der Waals surface area contributed by atoms with Crippen molar-refractivity contribution in [1.82, 2.24) is 9.13 Å². The zero-order valence-corrected chi connectivity index (χ0v) is 23.6. The minimum Gasteiger partial charge on any atom is -0.316 e. The predicted molar refractivity (Wildman–Crippen MR) is 179 cm³/mol. The van der Waals surface area contributed by atoms with Crippen LogP contribution >= 0.6 is 0 Å². The highest BCUT2D eigenvalue weighted by Gasteiger charge is 2.18. The van der Waals surface area contributed by atoms with Crippen molar-refractivity contribution in [3.63, 3.8) is 0 Å². The lowest BCUT2D eigenvalue weighted by atomic mass is 9.97. The molecule has 0 N–H and O–H groups in total. The molecule has 0 atom stereocenters. The average molecular weight is 561 g/mol. The third-order valence-electron chi connectivity index (χ3n) is 8.39. The predicted octanol–water partition coefficient (Wildman–Crippen LogP) is 10.5. The maximum absolute atomic E-state index is 9.39. The van der Waals surface area contributed by atoms with Crippen molar-refractivity contribution in [2.75, 3.05) is 0 Å². The molecule has 4 nitrogen and oxygen atoms in total. The molecule has 4 heteroatoms. The molecule has 2 aromatic heterocycles. The molecule has 8 rings (SSSR count). The molecule has 0 aliphatic heterocycles. The summed E-state index contributed by atoms with van der Waals surface area (Å²) in [4.78, 5) is 3.58. The van der Waals surface area contributed by atoms with Crippen molar-refractivity contribution in [2.24, 2.45) is 0 Å². The second-order valence-electron chi connectivity index (χ2n) is 10.9. The van der Waals surface area contributed by atoms with Gasteiger partial charge in [0, 0.05) is 33.7 Å². The van der Waals surface area contributed by atoms with Gasteiger partial charge in [0.15, 0.2) is 5.69 Å². The van der Waals surface area contributed by atoms with Crippen molar-refractivity contribution in [3.05, 3.63) is 163 Å². The number of nitrogens with zero attached hydrogens (tertiary/aromatic N) is 4. The Hall–Kier alpha value is -6.36. The first kappa shape index (κ1) is 25.4. The van der Waals surface area contributed by atoms with E-state index in [0.29, 0.717) is 11.3 Å². The molecule has 204 valence electrons. The summed E-state index contributed by atoms with van der Waals surface area (Å²) >= 11 is 0. The van der Waals surface area contributed by atoms with Gasteiger partial charge >= 0.3 is 0 Å². The summed E-state index contributed by atoms with van der Waals surface area (Å²) in [6.45, 7) is 7.40. The lowest BCUT2D eigenvalue weighted by molar-refractivity contribution is 1.13. The monoisotopic (exact) mass is 560 g/mol. The average Bonchev–Trinajstić information content (AvgIpc) is 3.68. The third-order valence-corrected chi connectivity index (χ3v) is 8.39. The fraction of sp³-hybridized carbons (Fsp3) is 0. The Kier molecular flexibility index (Phi) is 5.86. The van der Waals surface area contributed by atoms with Gasteiger partial charge in [-0.15, -0.1) is 0 Å². The van der Waals surface area contributed by atoms with Gasteiger partial charge in [-0.25, -0.2) is 4.85 Å². The Balaban J connectivity index is 1.44. The number of rotatable bonds is 4. The minimum absolute atomic E-state index is 0.616. The summed E-state index contributed by atoms with van der Waals surface area (Å²) in [5, 5.41) is 13.0. The van der Waals surface area contributed by atoms with Gasteiger partial charge in [-0.1, -0.05) is 78.9 Å². The summed E-state index contributed by atoms with van der Waals surface area (Å²) in [5.41, 5.74) is 11.0. The largest absolute Gasteiger partial charge is 0.316 e. The van der Waals surface area contributed by atoms with E-state index in [1.165, 1.54) is 16.2 Å². The van der Waals surface area contributed by atoms with Crippen LogP contribution in [0.2, 0.25) is 0 Å². The highest BCUT2D eigenvalue weighted by atomic mass is 15.0. The summed E-state index contributed by atoms with van der Waals surface area (Å²) in [6, 6.07) is 50.1. The van der Waals surface area contributed by atoms with Crippen LogP contribution in [0.25, 0.3) is 71.2 Å². The molecule has 8 aromatic rings. The third kappa shape index (κ3) is 4.06. The Bertz CT molecular complexity index is 2350. The van der Waals surface area contributed by atoms with E-state index in [0.717, 1.165) is 50.2 Å². The molecular formula is C40H24N4. The second kappa shape index (κ2) is 10.2. The van der Waals surface area contributed by atoms with E-state index >= 15 is 0 Å². The topological polar surface area (TPSA) is 38.0 Å². The first-order valence-electron chi connectivity index (χ1n) is 14.4. The second-order valence-corrected chi connectivity index (χ2v) is 10.9. The number of para-hydroxylation sites is 2. The van der Waals surface area contributed by atoms with Crippen molar-refractivity contribution in [2.45, 2.75) is 0 Å². The van der Waals surface area contributed by atoms with Crippen LogP contribution in [-0.2, 0) is 0 Å². The Morgan fingerprint density at radius 3 is 1.93 bits per heavy atom. The number of fused-ring (bicyclic) bond motifs is 5. The van der Waals surface area contributed by atoms with Crippen LogP contribution in [0.5, 0.6) is 0 Å². The van der Waals surface area contributed by atoms with Gasteiger partial charge in [0.05, 0.1) is 34.8 Å². The van der Waals surface area contributed by atoms with Crippen LogP contribution < -0.4 is 0 Å². The maximum atomic E-state index is 9.39. The molecule has 44 heavy (non-hydrogen) atoms. The zero-order valence-electron chi connectivity index (χ0n) is 23.6. The highest BCUT2D eigenvalue weighted by molar-refractivity contribution is 6.18. The molecular weight excluding hydrogens is 536 g/mol. The van der Waals surface area contributed by atoms with E-state index in [9.17, 15) is 5.26 Å². The smallest absolute Gasteiger partial charge is 0.187 e. The van der Waals surface area contributed by atoms with Crippen molar-refractivity contribution < 1.29 is 0 Å². The van der Waals surface area contributed by atoms with E-state index in [2.05, 4.69) is 111 Å². The molecule has 0 saturated heterocycles. The molecule has 0 spiro atoms. The van der Waals surface area contributed by atoms with Gasteiger partial charge in [-0.05, 0) is 82.9 Å². The van der Waals surface area contributed by atoms with Crippen LogP contribution in [-0.4, -0.2) is 9.13 Å².